The molecule has 0 fully saturated rings. The number of thioether (sulfide) groups is 1. The van der Waals surface area contributed by atoms with Crippen molar-refractivity contribution >= 4 is 28.5 Å². The molecule has 0 aliphatic heterocycles. The summed E-state index contributed by atoms with van der Waals surface area (Å²) >= 11 is 1.87. The Hall–Kier alpha value is -1.26. The first kappa shape index (κ1) is 16.1. The summed E-state index contributed by atoms with van der Waals surface area (Å²) < 4.78 is 0. The number of anilines is 1. The highest BCUT2D eigenvalue weighted by molar-refractivity contribution is 7.98. The van der Waals surface area contributed by atoms with Gasteiger partial charge in [-0.25, -0.2) is 4.98 Å². The Morgan fingerprint density at radius 3 is 2.86 bits per heavy atom. The van der Waals surface area contributed by atoms with Gasteiger partial charge in [0.15, 0.2) is 0 Å². The Morgan fingerprint density at radius 1 is 1.29 bits per heavy atom. The Morgan fingerprint density at radius 2 is 2.10 bits per heavy atom. The molecule has 1 aromatic carbocycles. The molecule has 1 heterocycles. The number of hydrogen-bond acceptors (Lipinski definition) is 4. The molecule has 1 aromatic heterocycles. The zero-order chi connectivity index (χ0) is 15.1. The lowest BCUT2D eigenvalue weighted by Crippen LogP contribution is -2.24. The van der Waals surface area contributed by atoms with Gasteiger partial charge in [0, 0.05) is 36.8 Å². The standard InChI is InChI=1S/C17H25N3S/c1-4-9-18-13-15-12-14-7-5-6-8-16(14)19-17(15)20(2)10-11-21-3/h5-8,12,18H,4,9-11,13H2,1-3H3. The molecule has 2 rings (SSSR count). The molecule has 0 bridgehead atoms. The van der Waals surface area contributed by atoms with E-state index in [0.29, 0.717) is 0 Å². The van der Waals surface area contributed by atoms with Gasteiger partial charge < -0.3 is 10.2 Å². The van der Waals surface area contributed by atoms with Crippen molar-refractivity contribution in [1.82, 2.24) is 10.3 Å². The van der Waals surface area contributed by atoms with Gasteiger partial charge in [-0.05, 0) is 31.4 Å². The van der Waals surface area contributed by atoms with Gasteiger partial charge in [-0.3, -0.25) is 0 Å². The maximum Gasteiger partial charge on any atom is 0.133 e. The predicted octanol–water partition coefficient (Wildman–Crippen LogP) is 3.53. The summed E-state index contributed by atoms with van der Waals surface area (Å²) in [6, 6.07) is 10.6. The molecule has 0 spiro atoms. The molecule has 114 valence electrons. The number of pyridine rings is 1. The van der Waals surface area contributed by atoms with E-state index in [1.165, 1.54) is 10.9 Å². The Kier molecular flexibility index (Phi) is 6.33. The second-order valence-corrected chi connectivity index (χ2v) is 6.24. The maximum atomic E-state index is 4.88. The molecule has 3 nitrogen and oxygen atoms in total. The molecule has 0 aliphatic carbocycles. The smallest absolute Gasteiger partial charge is 0.133 e. The van der Waals surface area contributed by atoms with Crippen LogP contribution < -0.4 is 10.2 Å². The number of nitrogens with zero attached hydrogens (tertiary/aromatic N) is 2. The van der Waals surface area contributed by atoms with Gasteiger partial charge in [0.05, 0.1) is 5.52 Å². The van der Waals surface area contributed by atoms with E-state index in [0.717, 1.165) is 43.1 Å². The zero-order valence-corrected chi connectivity index (χ0v) is 14.0. The van der Waals surface area contributed by atoms with Gasteiger partial charge in [0.25, 0.3) is 0 Å². The van der Waals surface area contributed by atoms with Crippen LogP contribution in [0.3, 0.4) is 0 Å². The summed E-state index contributed by atoms with van der Waals surface area (Å²) in [5.74, 6) is 2.22. The zero-order valence-electron chi connectivity index (χ0n) is 13.2. The van der Waals surface area contributed by atoms with E-state index in [1.54, 1.807) is 0 Å². The van der Waals surface area contributed by atoms with Crippen LogP contribution in [-0.2, 0) is 6.54 Å². The molecular weight excluding hydrogens is 278 g/mol. The largest absolute Gasteiger partial charge is 0.359 e. The highest BCUT2D eigenvalue weighted by Gasteiger charge is 2.10. The third-order valence-corrected chi connectivity index (χ3v) is 4.11. The first-order valence-electron chi connectivity index (χ1n) is 7.55. The predicted molar refractivity (Wildman–Crippen MR) is 95.4 cm³/mol. The number of hydrogen-bond donors (Lipinski definition) is 1. The summed E-state index contributed by atoms with van der Waals surface area (Å²) in [5.41, 5.74) is 2.36. The van der Waals surface area contributed by atoms with Crippen LogP contribution in [0, 0.1) is 0 Å². The first-order chi connectivity index (χ1) is 10.3. The van der Waals surface area contributed by atoms with Gasteiger partial charge in [-0.15, -0.1) is 0 Å². The van der Waals surface area contributed by atoms with Crippen LogP contribution >= 0.6 is 11.8 Å². The molecule has 4 heteroatoms. The van der Waals surface area contributed by atoms with Crippen LogP contribution in [0.1, 0.15) is 18.9 Å². The molecule has 0 aliphatic rings. The SMILES string of the molecule is CCCNCc1cc2ccccc2nc1N(C)CCSC. The van der Waals surface area contributed by atoms with Crippen molar-refractivity contribution < 1.29 is 0 Å². The van der Waals surface area contributed by atoms with Crippen LogP contribution in [0.15, 0.2) is 30.3 Å². The lowest BCUT2D eigenvalue weighted by atomic mass is 10.1. The van der Waals surface area contributed by atoms with E-state index in [-0.39, 0.29) is 0 Å². The van der Waals surface area contributed by atoms with Gasteiger partial charge >= 0.3 is 0 Å². The van der Waals surface area contributed by atoms with E-state index in [2.05, 4.69) is 60.8 Å². The van der Waals surface area contributed by atoms with Crippen LogP contribution in [0.5, 0.6) is 0 Å². The average Bonchev–Trinajstić information content (AvgIpc) is 2.52. The lowest BCUT2D eigenvalue weighted by Gasteiger charge is -2.22. The third-order valence-electron chi connectivity index (χ3n) is 3.51. The molecule has 0 saturated heterocycles. The van der Waals surface area contributed by atoms with E-state index >= 15 is 0 Å². The number of nitrogens with one attached hydrogen (secondary N) is 1. The highest BCUT2D eigenvalue weighted by Crippen LogP contribution is 2.23. The second-order valence-electron chi connectivity index (χ2n) is 5.25. The summed E-state index contributed by atoms with van der Waals surface area (Å²) in [7, 11) is 2.14. The number of para-hydroxylation sites is 1. The lowest BCUT2D eigenvalue weighted by molar-refractivity contribution is 0.673. The van der Waals surface area contributed by atoms with E-state index in [9.17, 15) is 0 Å². The van der Waals surface area contributed by atoms with Crippen molar-refractivity contribution in [3.05, 3.63) is 35.9 Å². The van der Waals surface area contributed by atoms with Gasteiger partial charge in [-0.1, -0.05) is 25.1 Å². The number of fused-ring (bicyclic) bond motifs is 1. The van der Waals surface area contributed by atoms with Crippen LogP contribution in [-0.4, -0.2) is 37.1 Å². The minimum absolute atomic E-state index is 0.880. The second kappa shape index (κ2) is 8.25. The fourth-order valence-electron chi connectivity index (χ4n) is 2.34. The Balaban J connectivity index is 2.31. The van der Waals surface area contributed by atoms with E-state index < -0.39 is 0 Å². The number of aromatic nitrogens is 1. The minimum Gasteiger partial charge on any atom is -0.359 e. The molecule has 0 unspecified atom stereocenters. The van der Waals surface area contributed by atoms with E-state index in [4.69, 9.17) is 4.98 Å². The van der Waals surface area contributed by atoms with E-state index in [1.807, 2.05) is 11.8 Å². The van der Waals surface area contributed by atoms with Crippen molar-refractivity contribution in [2.24, 2.45) is 0 Å². The highest BCUT2D eigenvalue weighted by atomic mass is 32.2. The summed E-state index contributed by atoms with van der Waals surface area (Å²) in [4.78, 5) is 7.15. The molecule has 21 heavy (non-hydrogen) atoms. The van der Waals surface area contributed by atoms with Gasteiger partial charge in [0.2, 0.25) is 0 Å². The fraction of sp³-hybridized carbons (Fsp3) is 0.471. The van der Waals surface area contributed by atoms with Crippen LogP contribution in [0.2, 0.25) is 0 Å². The molecule has 2 aromatic rings. The van der Waals surface area contributed by atoms with Crippen molar-refractivity contribution in [1.29, 1.82) is 0 Å². The monoisotopic (exact) mass is 303 g/mol. The molecule has 1 N–H and O–H groups in total. The Labute approximate surface area is 132 Å². The van der Waals surface area contributed by atoms with Gasteiger partial charge in [-0.2, -0.15) is 11.8 Å². The fourth-order valence-corrected chi connectivity index (χ4v) is 2.80. The van der Waals surface area contributed by atoms with Crippen molar-refractivity contribution in [3.8, 4) is 0 Å². The molecular formula is C17H25N3S. The molecule has 0 atom stereocenters. The van der Waals surface area contributed by atoms with Crippen LogP contribution in [0.25, 0.3) is 10.9 Å². The molecule has 0 radical (unpaired) electrons. The summed E-state index contributed by atoms with van der Waals surface area (Å²) in [6.45, 7) is 5.13. The quantitative estimate of drug-likeness (QED) is 0.755. The number of rotatable bonds is 8. The number of benzene rings is 1. The van der Waals surface area contributed by atoms with Gasteiger partial charge in [0.1, 0.15) is 5.82 Å². The average molecular weight is 303 g/mol. The van der Waals surface area contributed by atoms with Crippen molar-refractivity contribution in [2.45, 2.75) is 19.9 Å². The Bertz CT molecular complexity index is 571. The van der Waals surface area contributed by atoms with Crippen molar-refractivity contribution in [3.63, 3.8) is 0 Å². The maximum absolute atomic E-state index is 4.88. The topological polar surface area (TPSA) is 28.2 Å². The molecule has 0 amide bonds. The minimum atomic E-state index is 0.880. The first-order valence-corrected chi connectivity index (χ1v) is 8.95. The summed E-state index contributed by atoms with van der Waals surface area (Å²) in [6.07, 6.45) is 3.30. The van der Waals surface area contributed by atoms with Crippen LogP contribution in [0.4, 0.5) is 5.82 Å². The molecule has 0 saturated carbocycles. The summed E-state index contributed by atoms with van der Waals surface area (Å²) in [5, 5.41) is 4.71. The third kappa shape index (κ3) is 4.35. The normalized spacial score (nSPS) is 11.0. The van der Waals surface area contributed by atoms with Crippen molar-refractivity contribution in [2.75, 3.05) is 37.0 Å².